The highest BCUT2D eigenvalue weighted by Gasteiger charge is 2.39. The number of rotatable bonds is 12. The summed E-state index contributed by atoms with van der Waals surface area (Å²) in [7, 11) is 0. The number of Topliss-reactive ketones (excluding diaryl/α,β-unsaturated/α-hetero) is 1. The van der Waals surface area contributed by atoms with Gasteiger partial charge in [-0.25, -0.2) is 0 Å². The normalized spacial score (nSPS) is 25.2. The van der Waals surface area contributed by atoms with Gasteiger partial charge in [0.05, 0.1) is 12.2 Å². The number of unbranched alkanes of at least 4 members (excludes halogenated alkanes) is 3. The smallest absolute Gasteiger partial charge is 0.303 e. The van der Waals surface area contributed by atoms with Gasteiger partial charge in [-0.05, 0) is 25.7 Å². The van der Waals surface area contributed by atoms with Gasteiger partial charge >= 0.3 is 5.97 Å². The van der Waals surface area contributed by atoms with Gasteiger partial charge in [-0.3, -0.25) is 9.59 Å². The molecule has 0 aliphatic heterocycles. The van der Waals surface area contributed by atoms with Crippen LogP contribution in [-0.2, 0) is 9.59 Å². The molecule has 0 aromatic heterocycles. The van der Waals surface area contributed by atoms with Gasteiger partial charge in [0.25, 0.3) is 0 Å². The minimum absolute atomic E-state index is 0.0535. The van der Waals surface area contributed by atoms with E-state index >= 15 is 0 Å². The van der Waals surface area contributed by atoms with Gasteiger partial charge in [0.15, 0.2) is 0 Å². The first kappa shape index (κ1) is 21.6. The Morgan fingerprint density at radius 3 is 2.72 bits per heavy atom. The summed E-state index contributed by atoms with van der Waals surface area (Å²) in [4.78, 5) is 22.5. The molecule has 1 rings (SSSR count). The summed E-state index contributed by atoms with van der Waals surface area (Å²) in [5.41, 5.74) is 0. The van der Waals surface area contributed by atoms with E-state index in [0.717, 1.165) is 19.3 Å². The van der Waals surface area contributed by atoms with Crippen LogP contribution in [0.3, 0.4) is 0 Å². The number of carbonyl (C=O) groups excluding carboxylic acids is 1. The predicted octanol–water partition coefficient (Wildman–Crippen LogP) is 3.25. The zero-order chi connectivity index (χ0) is 18.7. The molecule has 1 aliphatic rings. The fourth-order valence-electron chi connectivity index (χ4n) is 3.22. The van der Waals surface area contributed by atoms with E-state index in [1.165, 1.54) is 0 Å². The van der Waals surface area contributed by atoms with E-state index < -0.39 is 18.2 Å². The summed E-state index contributed by atoms with van der Waals surface area (Å²) < 4.78 is 0. The van der Waals surface area contributed by atoms with Crippen molar-refractivity contribution in [2.24, 2.45) is 11.8 Å². The van der Waals surface area contributed by atoms with E-state index in [1.807, 2.05) is 12.2 Å². The molecule has 25 heavy (non-hydrogen) atoms. The molecule has 0 aromatic rings. The largest absolute Gasteiger partial charge is 0.481 e. The van der Waals surface area contributed by atoms with Crippen molar-refractivity contribution in [1.82, 2.24) is 0 Å². The summed E-state index contributed by atoms with van der Waals surface area (Å²) in [6.07, 6.45) is 12.1. The summed E-state index contributed by atoms with van der Waals surface area (Å²) in [5, 5.41) is 28.7. The van der Waals surface area contributed by atoms with E-state index in [-0.39, 0.29) is 30.5 Å². The summed E-state index contributed by atoms with van der Waals surface area (Å²) in [6.45, 7) is 2.11. The molecule has 0 amide bonds. The average molecular weight is 352 g/mol. The Morgan fingerprint density at radius 2 is 2.04 bits per heavy atom. The number of carboxylic acids is 1. The molecule has 1 aliphatic carbocycles. The van der Waals surface area contributed by atoms with Crippen LogP contribution in [0.5, 0.6) is 0 Å². The quantitative estimate of drug-likeness (QED) is 0.370. The minimum atomic E-state index is -0.801. The maximum Gasteiger partial charge on any atom is 0.303 e. The van der Waals surface area contributed by atoms with Crippen molar-refractivity contribution >= 4 is 11.8 Å². The Labute approximate surface area is 150 Å². The number of hydrogen-bond donors (Lipinski definition) is 3. The van der Waals surface area contributed by atoms with Crippen LogP contribution in [0.2, 0.25) is 0 Å². The van der Waals surface area contributed by atoms with E-state index in [9.17, 15) is 19.8 Å². The van der Waals surface area contributed by atoms with Crippen molar-refractivity contribution in [1.29, 1.82) is 0 Å². The van der Waals surface area contributed by atoms with E-state index in [2.05, 4.69) is 6.92 Å². The van der Waals surface area contributed by atoms with E-state index in [0.29, 0.717) is 25.7 Å². The summed E-state index contributed by atoms with van der Waals surface area (Å²) in [5.74, 6) is -1.26. The molecule has 5 nitrogen and oxygen atoms in total. The third kappa shape index (κ3) is 8.45. The molecule has 1 saturated carbocycles. The maximum absolute atomic E-state index is 12.1. The van der Waals surface area contributed by atoms with E-state index in [4.69, 9.17) is 5.11 Å². The van der Waals surface area contributed by atoms with Gasteiger partial charge in [0.2, 0.25) is 0 Å². The Balaban J connectivity index is 2.48. The molecule has 3 N–H and O–H groups in total. The Bertz CT molecular complexity index is 469. The SMILES string of the molecule is CCCCC[C@H](O)/C=C/[C@H]1[C@H](O)CC(=O)[C@H]1C/C=C/CCCC(=O)O. The monoisotopic (exact) mass is 352 g/mol. The Kier molecular flexibility index (Phi) is 10.3. The fourth-order valence-corrected chi connectivity index (χ4v) is 3.22. The van der Waals surface area contributed by atoms with Crippen LogP contribution in [0, 0.1) is 11.8 Å². The van der Waals surface area contributed by atoms with E-state index in [1.54, 1.807) is 12.2 Å². The van der Waals surface area contributed by atoms with Crippen LogP contribution >= 0.6 is 0 Å². The van der Waals surface area contributed by atoms with Gasteiger partial charge in [-0.2, -0.15) is 0 Å². The second kappa shape index (κ2) is 12.0. The first-order valence-corrected chi connectivity index (χ1v) is 9.39. The van der Waals surface area contributed by atoms with Crippen LogP contribution in [0.4, 0.5) is 0 Å². The molecular formula is C20H32O5. The minimum Gasteiger partial charge on any atom is -0.481 e. The second-order valence-electron chi connectivity index (χ2n) is 6.86. The van der Waals surface area contributed by atoms with Gasteiger partial charge in [0, 0.05) is 24.7 Å². The number of aliphatic hydroxyl groups is 2. The number of allylic oxidation sites excluding steroid dienone is 2. The molecule has 0 heterocycles. The molecule has 0 radical (unpaired) electrons. The summed E-state index contributed by atoms with van der Waals surface area (Å²) >= 11 is 0. The lowest BCUT2D eigenvalue weighted by atomic mass is 9.90. The van der Waals surface area contributed by atoms with Crippen molar-refractivity contribution in [2.75, 3.05) is 0 Å². The number of ketones is 1. The molecule has 0 spiro atoms. The number of hydrogen-bond acceptors (Lipinski definition) is 4. The molecule has 0 bridgehead atoms. The van der Waals surface area contributed by atoms with Crippen LogP contribution in [0.1, 0.15) is 64.7 Å². The highest BCUT2D eigenvalue weighted by molar-refractivity contribution is 5.84. The van der Waals surface area contributed by atoms with Crippen molar-refractivity contribution in [3.63, 3.8) is 0 Å². The standard InChI is InChI=1S/C20H32O5/c1-2-3-6-9-15(21)12-13-17-16(18(22)14-19(17)23)10-7-4-5-8-11-20(24)25/h4,7,12-13,15-17,19,21,23H,2-3,5-6,8-11,14H2,1H3,(H,24,25)/b7-4+,13-12+/t15-,16-,17+,19+/m0/s1. The highest BCUT2D eigenvalue weighted by atomic mass is 16.4. The van der Waals surface area contributed by atoms with Crippen molar-refractivity contribution < 1.29 is 24.9 Å². The molecule has 142 valence electrons. The zero-order valence-electron chi connectivity index (χ0n) is 15.1. The third-order valence-corrected chi connectivity index (χ3v) is 4.71. The molecule has 0 aromatic carbocycles. The Morgan fingerprint density at radius 1 is 1.28 bits per heavy atom. The first-order valence-electron chi connectivity index (χ1n) is 9.39. The lowest BCUT2D eigenvalue weighted by Crippen LogP contribution is -2.18. The predicted molar refractivity (Wildman–Crippen MR) is 97.1 cm³/mol. The molecule has 0 saturated heterocycles. The van der Waals surface area contributed by atoms with Crippen molar-refractivity contribution in [3.05, 3.63) is 24.3 Å². The number of carbonyl (C=O) groups is 2. The molecule has 4 atom stereocenters. The maximum atomic E-state index is 12.1. The van der Waals surface area contributed by atoms with Gasteiger partial charge in [-0.15, -0.1) is 0 Å². The molecule has 0 unspecified atom stereocenters. The third-order valence-electron chi connectivity index (χ3n) is 4.71. The van der Waals surface area contributed by atoms with Crippen LogP contribution in [0.25, 0.3) is 0 Å². The average Bonchev–Trinajstić information content (AvgIpc) is 2.82. The van der Waals surface area contributed by atoms with Crippen LogP contribution in [0.15, 0.2) is 24.3 Å². The topological polar surface area (TPSA) is 94.8 Å². The lowest BCUT2D eigenvalue weighted by molar-refractivity contribution is -0.137. The molecular weight excluding hydrogens is 320 g/mol. The van der Waals surface area contributed by atoms with Crippen LogP contribution < -0.4 is 0 Å². The lowest BCUT2D eigenvalue weighted by Gasteiger charge is -2.16. The number of carboxylic acid groups (broad SMARTS) is 1. The highest BCUT2D eigenvalue weighted by Crippen LogP contribution is 2.33. The van der Waals surface area contributed by atoms with Gasteiger partial charge in [0.1, 0.15) is 5.78 Å². The molecule has 1 fully saturated rings. The summed E-state index contributed by atoms with van der Waals surface area (Å²) in [6, 6.07) is 0. The second-order valence-corrected chi connectivity index (χ2v) is 6.86. The number of aliphatic hydroxyl groups excluding tert-OH is 2. The number of aliphatic carboxylic acids is 1. The van der Waals surface area contributed by atoms with Crippen molar-refractivity contribution in [2.45, 2.75) is 76.9 Å². The van der Waals surface area contributed by atoms with Crippen LogP contribution in [-0.4, -0.2) is 39.3 Å². The fraction of sp³-hybridized carbons (Fsp3) is 0.700. The zero-order valence-corrected chi connectivity index (χ0v) is 15.1. The molecule has 5 heteroatoms. The first-order chi connectivity index (χ1) is 12.0. The van der Waals surface area contributed by atoms with Gasteiger partial charge < -0.3 is 15.3 Å². The Hall–Kier alpha value is -1.46. The van der Waals surface area contributed by atoms with Gasteiger partial charge in [-0.1, -0.05) is 50.5 Å². The van der Waals surface area contributed by atoms with Crippen molar-refractivity contribution in [3.8, 4) is 0 Å².